The maximum absolute atomic E-state index is 13.3. The van der Waals surface area contributed by atoms with Gasteiger partial charge in [0.25, 0.3) is 5.69 Å². The molecule has 3 aromatic rings. The van der Waals surface area contributed by atoms with E-state index >= 15 is 0 Å². The molecular weight excluding hydrogens is 450 g/mol. The molecule has 0 unspecified atom stereocenters. The summed E-state index contributed by atoms with van der Waals surface area (Å²) in [7, 11) is 3.15. The number of carbonyl (C=O) groups is 1. The molecule has 0 fully saturated rings. The zero-order chi connectivity index (χ0) is 24.9. The monoisotopic (exact) mass is 477 g/mol. The molecule has 0 radical (unpaired) electrons. The molecule has 1 aliphatic rings. The molecule has 2 amide bonds. The van der Waals surface area contributed by atoms with E-state index < -0.39 is 11.0 Å². The number of anilines is 1. The van der Waals surface area contributed by atoms with Crippen LogP contribution in [-0.4, -0.2) is 43.2 Å². The Bertz CT molecular complexity index is 1230. The normalized spacial score (nSPS) is 14.6. The van der Waals surface area contributed by atoms with E-state index in [1.54, 1.807) is 31.3 Å². The van der Waals surface area contributed by atoms with Crippen LogP contribution in [0.15, 0.2) is 60.7 Å². The molecule has 35 heavy (non-hydrogen) atoms. The number of non-ortho nitro benzene ring substituents is 1. The number of carbonyl (C=O) groups excluding carboxylic acids is 1. The number of amides is 2. The second-order valence-electron chi connectivity index (χ2n) is 8.23. The van der Waals surface area contributed by atoms with Gasteiger partial charge in [-0.2, -0.15) is 0 Å². The molecule has 3 aromatic carbocycles. The van der Waals surface area contributed by atoms with Gasteiger partial charge in [0.1, 0.15) is 12.4 Å². The molecule has 1 heterocycles. The van der Waals surface area contributed by atoms with Gasteiger partial charge in [0.2, 0.25) is 0 Å². The zero-order valence-corrected chi connectivity index (χ0v) is 19.8. The van der Waals surface area contributed by atoms with Crippen LogP contribution < -0.4 is 19.5 Å². The molecule has 0 bridgehead atoms. The fraction of sp³-hybridized carbons (Fsp3) is 0.269. The van der Waals surface area contributed by atoms with Crippen LogP contribution in [0.4, 0.5) is 16.2 Å². The van der Waals surface area contributed by atoms with Crippen LogP contribution in [0.5, 0.6) is 17.2 Å². The van der Waals surface area contributed by atoms with Crippen molar-refractivity contribution in [1.82, 2.24) is 4.90 Å². The third-order valence-electron chi connectivity index (χ3n) is 5.99. The maximum atomic E-state index is 13.3. The summed E-state index contributed by atoms with van der Waals surface area (Å²) in [6.07, 6.45) is 0.644. The molecule has 0 spiro atoms. The van der Waals surface area contributed by atoms with Gasteiger partial charge >= 0.3 is 6.03 Å². The van der Waals surface area contributed by atoms with Crippen molar-refractivity contribution >= 4 is 17.4 Å². The van der Waals surface area contributed by atoms with Crippen molar-refractivity contribution in [2.75, 3.05) is 32.7 Å². The molecule has 1 N–H and O–H groups in total. The van der Waals surface area contributed by atoms with E-state index in [0.29, 0.717) is 35.9 Å². The number of rotatable bonds is 7. The summed E-state index contributed by atoms with van der Waals surface area (Å²) in [4.78, 5) is 25.6. The molecule has 182 valence electrons. The number of aryl methyl sites for hydroxylation is 1. The number of hydrogen-bond acceptors (Lipinski definition) is 6. The fourth-order valence-corrected chi connectivity index (χ4v) is 4.21. The highest BCUT2D eigenvalue weighted by molar-refractivity contribution is 5.90. The van der Waals surface area contributed by atoms with E-state index in [2.05, 4.69) is 5.32 Å². The predicted molar refractivity (Wildman–Crippen MR) is 131 cm³/mol. The van der Waals surface area contributed by atoms with Crippen LogP contribution in [0, 0.1) is 17.0 Å². The number of methoxy groups -OCH3 is 2. The highest BCUT2D eigenvalue weighted by atomic mass is 16.6. The summed E-state index contributed by atoms with van der Waals surface area (Å²) >= 11 is 0. The first-order chi connectivity index (χ1) is 16.9. The first-order valence-corrected chi connectivity index (χ1v) is 11.2. The Hall–Kier alpha value is -4.27. The predicted octanol–water partition coefficient (Wildman–Crippen LogP) is 5.13. The van der Waals surface area contributed by atoms with Gasteiger partial charge in [0, 0.05) is 24.4 Å². The molecular formula is C26H27N3O6. The lowest BCUT2D eigenvalue weighted by Crippen LogP contribution is -2.44. The molecule has 1 atom stereocenters. The second-order valence-corrected chi connectivity index (χ2v) is 8.23. The summed E-state index contributed by atoms with van der Waals surface area (Å²) in [5, 5.41) is 13.9. The molecule has 9 heteroatoms. The van der Waals surface area contributed by atoms with Crippen molar-refractivity contribution in [3.63, 3.8) is 0 Å². The molecule has 0 saturated heterocycles. The quantitative estimate of drug-likeness (QED) is 0.374. The van der Waals surface area contributed by atoms with Crippen LogP contribution in [0.1, 0.15) is 22.7 Å². The highest BCUT2D eigenvalue weighted by Gasteiger charge is 2.33. The van der Waals surface area contributed by atoms with Crippen LogP contribution in [0.25, 0.3) is 0 Å². The van der Waals surface area contributed by atoms with Gasteiger partial charge < -0.3 is 24.4 Å². The Morgan fingerprint density at radius 3 is 2.46 bits per heavy atom. The Labute approximate surface area is 203 Å². The van der Waals surface area contributed by atoms with Gasteiger partial charge in [-0.1, -0.05) is 12.1 Å². The topological polar surface area (TPSA) is 103 Å². The molecule has 0 aromatic heterocycles. The number of benzene rings is 3. The number of nitrogens with zero attached hydrogens (tertiary/aromatic N) is 2. The Morgan fingerprint density at radius 2 is 1.80 bits per heavy atom. The van der Waals surface area contributed by atoms with Crippen molar-refractivity contribution in [3.8, 4) is 17.2 Å². The standard InChI is InChI=1S/C26H27N3O6/c1-17-5-4-6-19(13-17)27-26(30)28-12-11-18-14-24(33-2)25(34-3)15-22(18)23(28)16-35-21-9-7-20(8-10-21)29(31)32/h4-10,13-15,23H,11-12,16H2,1-3H3,(H,27,30)/t23-/m1/s1. The first kappa shape index (κ1) is 23.9. The van der Waals surface area contributed by atoms with E-state index in [1.807, 2.05) is 43.3 Å². The number of ether oxygens (including phenoxy) is 3. The average Bonchev–Trinajstić information content (AvgIpc) is 2.86. The highest BCUT2D eigenvalue weighted by Crippen LogP contribution is 2.38. The minimum atomic E-state index is -0.460. The van der Waals surface area contributed by atoms with Gasteiger partial charge in [-0.25, -0.2) is 4.79 Å². The van der Waals surface area contributed by atoms with Crippen LogP contribution in [0.2, 0.25) is 0 Å². The lowest BCUT2D eigenvalue weighted by molar-refractivity contribution is -0.384. The van der Waals surface area contributed by atoms with Crippen LogP contribution >= 0.6 is 0 Å². The number of nitro benzene ring substituents is 1. The number of nitrogens with one attached hydrogen (secondary N) is 1. The van der Waals surface area contributed by atoms with Gasteiger partial charge in [-0.15, -0.1) is 0 Å². The van der Waals surface area contributed by atoms with E-state index in [0.717, 1.165) is 16.7 Å². The summed E-state index contributed by atoms with van der Waals surface area (Å²) in [5.41, 5.74) is 3.68. The molecule has 4 rings (SSSR count). The summed E-state index contributed by atoms with van der Waals surface area (Å²) in [6, 6.07) is 16.6. The third-order valence-corrected chi connectivity index (χ3v) is 5.99. The Balaban J connectivity index is 1.63. The van der Waals surface area contributed by atoms with Gasteiger partial charge in [0.05, 0.1) is 25.2 Å². The summed E-state index contributed by atoms with van der Waals surface area (Å²) < 4.78 is 17.0. The number of urea groups is 1. The third kappa shape index (κ3) is 5.29. The lowest BCUT2D eigenvalue weighted by atomic mass is 9.92. The van der Waals surface area contributed by atoms with Crippen LogP contribution in [0.3, 0.4) is 0 Å². The summed E-state index contributed by atoms with van der Waals surface area (Å²) in [5.74, 6) is 1.66. The average molecular weight is 478 g/mol. The lowest BCUT2D eigenvalue weighted by Gasteiger charge is -2.37. The van der Waals surface area contributed by atoms with Crippen LogP contribution in [-0.2, 0) is 6.42 Å². The molecule has 1 aliphatic heterocycles. The van der Waals surface area contributed by atoms with Crippen molar-refractivity contribution in [2.24, 2.45) is 0 Å². The minimum absolute atomic E-state index is 0.0173. The van der Waals surface area contributed by atoms with Crippen molar-refractivity contribution < 1.29 is 23.9 Å². The van der Waals surface area contributed by atoms with Gasteiger partial charge in [-0.05, 0) is 66.4 Å². The largest absolute Gasteiger partial charge is 0.493 e. The second kappa shape index (κ2) is 10.3. The minimum Gasteiger partial charge on any atom is -0.493 e. The van der Waals surface area contributed by atoms with E-state index in [-0.39, 0.29) is 18.3 Å². The number of fused-ring (bicyclic) bond motifs is 1. The van der Waals surface area contributed by atoms with Gasteiger partial charge in [-0.3, -0.25) is 10.1 Å². The van der Waals surface area contributed by atoms with Crippen molar-refractivity contribution in [1.29, 1.82) is 0 Å². The SMILES string of the molecule is COc1cc2c(cc1OC)[C@@H](COc1ccc([N+](=O)[O-])cc1)N(C(=O)Nc1cccc(C)c1)CC2. The summed E-state index contributed by atoms with van der Waals surface area (Å²) in [6.45, 7) is 2.60. The van der Waals surface area contributed by atoms with E-state index in [1.165, 1.54) is 12.1 Å². The fourth-order valence-electron chi connectivity index (χ4n) is 4.21. The Morgan fingerprint density at radius 1 is 1.09 bits per heavy atom. The van der Waals surface area contributed by atoms with Gasteiger partial charge in [0.15, 0.2) is 11.5 Å². The number of nitro groups is 1. The van der Waals surface area contributed by atoms with Crippen molar-refractivity contribution in [3.05, 3.63) is 87.5 Å². The van der Waals surface area contributed by atoms with E-state index in [9.17, 15) is 14.9 Å². The number of hydrogen-bond donors (Lipinski definition) is 1. The first-order valence-electron chi connectivity index (χ1n) is 11.2. The van der Waals surface area contributed by atoms with E-state index in [4.69, 9.17) is 14.2 Å². The smallest absolute Gasteiger partial charge is 0.322 e. The molecule has 0 aliphatic carbocycles. The molecule has 9 nitrogen and oxygen atoms in total. The zero-order valence-electron chi connectivity index (χ0n) is 19.8. The maximum Gasteiger partial charge on any atom is 0.322 e. The Kier molecular flexibility index (Phi) is 7.05. The van der Waals surface area contributed by atoms with Crippen molar-refractivity contribution in [2.45, 2.75) is 19.4 Å². The molecule has 0 saturated carbocycles.